The highest BCUT2D eigenvalue weighted by atomic mass is 19.1. The van der Waals surface area contributed by atoms with Gasteiger partial charge in [0.25, 0.3) is 0 Å². The Bertz CT molecular complexity index is 730. The number of halogens is 1. The predicted octanol–water partition coefficient (Wildman–Crippen LogP) is 2.03. The van der Waals surface area contributed by atoms with Gasteiger partial charge in [0.1, 0.15) is 0 Å². The van der Waals surface area contributed by atoms with Crippen molar-refractivity contribution in [1.29, 1.82) is 0 Å². The predicted molar refractivity (Wildman–Crippen MR) is 90.9 cm³/mol. The number of carbonyl (C=O) groups is 2. The number of rotatable bonds is 2. The lowest BCUT2D eigenvalue weighted by Gasteiger charge is -2.59. The molecule has 0 amide bonds. The number of aliphatic carboxylic acids is 1. The first-order chi connectivity index (χ1) is 12.2. The fourth-order valence-electron chi connectivity index (χ4n) is 6.71. The van der Waals surface area contributed by atoms with Crippen LogP contribution in [0.4, 0.5) is 4.39 Å². The average Bonchev–Trinajstić information content (AvgIpc) is 2.90. The van der Waals surface area contributed by atoms with Crippen molar-refractivity contribution in [3.05, 3.63) is 23.8 Å². The zero-order valence-electron chi connectivity index (χ0n) is 14.8. The van der Waals surface area contributed by atoms with Crippen molar-refractivity contribution in [3.63, 3.8) is 0 Å². The maximum absolute atomic E-state index is 14.3. The Morgan fingerprint density at radius 1 is 1.38 bits per heavy atom. The van der Waals surface area contributed by atoms with Crippen molar-refractivity contribution in [1.82, 2.24) is 0 Å². The number of aliphatic hydroxyl groups excluding tert-OH is 1. The molecule has 2 unspecified atom stereocenters. The number of hydrogen-bond donors (Lipinski definition) is 3. The van der Waals surface area contributed by atoms with E-state index in [1.165, 1.54) is 6.08 Å². The molecule has 4 aliphatic rings. The van der Waals surface area contributed by atoms with E-state index in [0.717, 1.165) is 5.57 Å². The fraction of sp³-hybridized carbons (Fsp3) is 0.700. The molecule has 142 valence electrons. The highest BCUT2D eigenvalue weighted by Crippen LogP contribution is 2.67. The normalized spacial score (nSPS) is 49.8. The lowest BCUT2D eigenvalue weighted by Crippen LogP contribution is -2.63. The number of allylic oxidation sites excluding steroid dienone is 4. The molecule has 7 atom stereocenters. The Kier molecular flexibility index (Phi) is 3.77. The minimum Gasteiger partial charge on any atom is -0.479 e. The van der Waals surface area contributed by atoms with E-state index in [0.29, 0.717) is 19.3 Å². The van der Waals surface area contributed by atoms with Gasteiger partial charge in [-0.05, 0) is 56.1 Å². The third kappa shape index (κ3) is 1.97. The van der Waals surface area contributed by atoms with Gasteiger partial charge in [0.2, 0.25) is 0 Å². The van der Waals surface area contributed by atoms with E-state index in [1.807, 2.05) is 13.0 Å². The Morgan fingerprint density at radius 2 is 2.12 bits per heavy atom. The smallest absolute Gasteiger partial charge is 0.336 e. The van der Waals surface area contributed by atoms with Gasteiger partial charge in [-0.2, -0.15) is 0 Å². The van der Waals surface area contributed by atoms with Crippen LogP contribution < -0.4 is 0 Å². The summed E-state index contributed by atoms with van der Waals surface area (Å²) in [6.45, 7) is 1.05. The van der Waals surface area contributed by atoms with E-state index in [9.17, 15) is 29.3 Å². The van der Waals surface area contributed by atoms with Gasteiger partial charge in [0, 0.05) is 16.7 Å². The third-order valence-corrected chi connectivity index (χ3v) is 7.95. The molecule has 0 heterocycles. The maximum atomic E-state index is 14.3. The van der Waals surface area contributed by atoms with Crippen molar-refractivity contribution < 1.29 is 29.3 Å². The van der Waals surface area contributed by atoms with E-state index in [2.05, 4.69) is 0 Å². The van der Waals surface area contributed by atoms with Crippen molar-refractivity contribution in [3.8, 4) is 0 Å². The van der Waals surface area contributed by atoms with Gasteiger partial charge in [-0.25, -0.2) is 4.79 Å². The molecule has 5 nitrogen and oxygen atoms in total. The van der Waals surface area contributed by atoms with Crippen LogP contribution in [0.2, 0.25) is 0 Å². The number of fused-ring (bicyclic) bond motifs is 5. The summed E-state index contributed by atoms with van der Waals surface area (Å²) in [5, 5.41) is 31.4. The molecule has 0 aromatic carbocycles. The molecule has 0 bridgehead atoms. The molecule has 3 saturated carbocycles. The summed E-state index contributed by atoms with van der Waals surface area (Å²) in [6.07, 6.45) is 5.83. The van der Waals surface area contributed by atoms with Crippen LogP contribution in [0.5, 0.6) is 0 Å². The zero-order valence-corrected chi connectivity index (χ0v) is 14.8. The number of carboxylic acid groups (broad SMARTS) is 1. The molecule has 0 aromatic heterocycles. The van der Waals surface area contributed by atoms with Crippen LogP contribution in [0.1, 0.15) is 39.0 Å². The second kappa shape index (κ2) is 5.49. The zero-order chi connectivity index (χ0) is 18.9. The summed E-state index contributed by atoms with van der Waals surface area (Å²) < 4.78 is 14.3. The van der Waals surface area contributed by atoms with Gasteiger partial charge in [0.05, 0.1) is 12.8 Å². The summed E-state index contributed by atoms with van der Waals surface area (Å²) in [5.41, 5.74) is -3.06. The molecule has 4 rings (SSSR count). The molecule has 3 N–H and O–H groups in total. The minimum absolute atomic E-state index is 0.0145. The van der Waals surface area contributed by atoms with E-state index < -0.39 is 35.2 Å². The molecule has 26 heavy (non-hydrogen) atoms. The summed E-state index contributed by atoms with van der Waals surface area (Å²) in [4.78, 5) is 23.5. The molecule has 0 radical (unpaired) electrons. The van der Waals surface area contributed by atoms with E-state index in [-0.39, 0.29) is 36.4 Å². The summed E-state index contributed by atoms with van der Waals surface area (Å²) >= 11 is 0. The standard InChI is InChI=1S/C20H25FO5/c1-18-6-4-12(22)8-11(18)2-3-13-14-5-7-20(26,17(24)25)19(14,10-21)9-15(23)16(13)18/h4,6,8,13-16,23,26H,2-3,5,7,9-10H2,1H3,(H,24,25)/t13-,14-,15?,16+,18-,19+,20?/m0/s1. The summed E-state index contributed by atoms with van der Waals surface area (Å²) in [5.74, 6) is -2.02. The van der Waals surface area contributed by atoms with Crippen LogP contribution in [0.15, 0.2) is 23.8 Å². The van der Waals surface area contributed by atoms with E-state index in [1.54, 1.807) is 6.08 Å². The van der Waals surface area contributed by atoms with Crippen molar-refractivity contribution in [2.45, 2.75) is 50.7 Å². The third-order valence-electron chi connectivity index (χ3n) is 7.95. The minimum atomic E-state index is -2.13. The van der Waals surface area contributed by atoms with Crippen molar-refractivity contribution >= 4 is 11.8 Å². The van der Waals surface area contributed by atoms with Crippen LogP contribution in [0.25, 0.3) is 0 Å². The molecule has 6 heteroatoms. The second-order valence-corrected chi connectivity index (χ2v) is 8.79. The molecule has 0 spiro atoms. The molecule has 3 fully saturated rings. The Hall–Kier alpha value is -1.53. The molecular formula is C20H25FO5. The number of ketones is 1. The van der Waals surface area contributed by atoms with E-state index >= 15 is 0 Å². The lowest BCUT2D eigenvalue weighted by atomic mass is 9.46. The first kappa shape index (κ1) is 17.9. The Labute approximate surface area is 151 Å². The number of carboxylic acids is 1. The first-order valence-corrected chi connectivity index (χ1v) is 9.34. The quantitative estimate of drug-likeness (QED) is 0.697. The summed E-state index contributed by atoms with van der Waals surface area (Å²) in [7, 11) is 0. The summed E-state index contributed by atoms with van der Waals surface area (Å²) in [6, 6.07) is 0. The number of hydrogen-bond acceptors (Lipinski definition) is 4. The lowest BCUT2D eigenvalue weighted by molar-refractivity contribution is -0.200. The van der Waals surface area contributed by atoms with Crippen LogP contribution in [-0.4, -0.2) is 45.5 Å². The Balaban J connectivity index is 1.79. The topological polar surface area (TPSA) is 94.8 Å². The number of carbonyl (C=O) groups excluding carboxylic acids is 1. The highest BCUT2D eigenvalue weighted by molar-refractivity contribution is 6.01. The molecule has 0 saturated heterocycles. The van der Waals surface area contributed by atoms with Gasteiger partial charge in [0.15, 0.2) is 11.4 Å². The van der Waals surface area contributed by atoms with E-state index in [4.69, 9.17) is 0 Å². The molecular weight excluding hydrogens is 339 g/mol. The molecule has 0 aliphatic heterocycles. The number of aliphatic hydroxyl groups is 2. The first-order valence-electron chi connectivity index (χ1n) is 9.34. The van der Waals surface area contributed by atoms with Crippen molar-refractivity contribution in [2.75, 3.05) is 6.67 Å². The van der Waals surface area contributed by atoms with Crippen LogP contribution in [0.3, 0.4) is 0 Å². The Morgan fingerprint density at radius 3 is 2.77 bits per heavy atom. The average molecular weight is 364 g/mol. The van der Waals surface area contributed by atoms with Gasteiger partial charge >= 0.3 is 5.97 Å². The number of alkyl halides is 1. The monoisotopic (exact) mass is 364 g/mol. The second-order valence-electron chi connectivity index (χ2n) is 8.79. The van der Waals surface area contributed by atoms with Crippen LogP contribution in [-0.2, 0) is 9.59 Å². The maximum Gasteiger partial charge on any atom is 0.336 e. The largest absolute Gasteiger partial charge is 0.479 e. The van der Waals surface area contributed by atoms with Gasteiger partial charge in [-0.1, -0.05) is 18.6 Å². The fourth-order valence-corrected chi connectivity index (χ4v) is 6.71. The van der Waals surface area contributed by atoms with Crippen molar-refractivity contribution in [2.24, 2.45) is 28.6 Å². The molecule has 0 aromatic rings. The molecule has 4 aliphatic carbocycles. The highest BCUT2D eigenvalue weighted by Gasteiger charge is 2.70. The van der Waals surface area contributed by atoms with Crippen LogP contribution in [0, 0.1) is 28.6 Å². The van der Waals surface area contributed by atoms with Gasteiger partial charge in [-0.3, -0.25) is 9.18 Å². The van der Waals surface area contributed by atoms with Crippen LogP contribution >= 0.6 is 0 Å². The SMILES string of the molecule is C[C@]12C=CC(=O)C=C1CC[C@H]1[C@@H]3CCC(O)(C(=O)O)[C@@]3(CF)CC(O)[C@@H]12. The van der Waals surface area contributed by atoms with Gasteiger partial charge < -0.3 is 15.3 Å². The van der Waals surface area contributed by atoms with Gasteiger partial charge in [-0.15, -0.1) is 0 Å².